The van der Waals surface area contributed by atoms with Gasteiger partial charge in [0.1, 0.15) is 0 Å². The Kier molecular flexibility index (Phi) is 4.92. The van der Waals surface area contributed by atoms with E-state index in [1.807, 2.05) is 19.1 Å². The number of hydrogen-bond donors (Lipinski definition) is 2. The highest BCUT2D eigenvalue weighted by Crippen LogP contribution is 2.21. The number of anilines is 1. The van der Waals surface area contributed by atoms with Crippen molar-refractivity contribution < 1.29 is 9.59 Å². The largest absolute Gasteiger partial charge is 0.348 e. The van der Waals surface area contributed by atoms with Crippen molar-refractivity contribution >= 4 is 17.5 Å². The number of nitrogens with zero attached hydrogens (tertiary/aromatic N) is 3. The van der Waals surface area contributed by atoms with Gasteiger partial charge in [-0.1, -0.05) is 25.1 Å². The van der Waals surface area contributed by atoms with Crippen LogP contribution in [0.4, 0.5) is 5.69 Å². The van der Waals surface area contributed by atoms with Crippen LogP contribution in [0, 0.1) is 0 Å². The SMILES string of the molecule is C=CC(=O)Nc1ccc(-n2nnc(C(=O)NC3CC3)c2CCC)cc1. The van der Waals surface area contributed by atoms with E-state index in [-0.39, 0.29) is 17.9 Å². The molecule has 7 nitrogen and oxygen atoms in total. The summed E-state index contributed by atoms with van der Waals surface area (Å²) in [7, 11) is 0. The van der Waals surface area contributed by atoms with E-state index in [9.17, 15) is 9.59 Å². The molecule has 1 aromatic heterocycles. The highest BCUT2D eigenvalue weighted by molar-refractivity contribution is 5.98. The maximum atomic E-state index is 12.4. The summed E-state index contributed by atoms with van der Waals surface area (Å²) >= 11 is 0. The molecule has 2 amide bonds. The van der Waals surface area contributed by atoms with Gasteiger partial charge in [0.25, 0.3) is 5.91 Å². The summed E-state index contributed by atoms with van der Waals surface area (Å²) in [5, 5.41) is 13.9. The molecule has 7 heteroatoms. The molecule has 0 aliphatic heterocycles. The summed E-state index contributed by atoms with van der Waals surface area (Å²) in [5.41, 5.74) is 2.64. The van der Waals surface area contributed by atoms with Gasteiger partial charge < -0.3 is 10.6 Å². The molecule has 1 aromatic carbocycles. The highest BCUT2D eigenvalue weighted by Gasteiger charge is 2.27. The van der Waals surface area contributed by atoms with Crippen LogP contribution in [0.25, 0.3) is 5.69 Å². The number of carbonyl (C=O) groups excluding carboxylic acids is 2. The quantitative estimate of drug-likeness (QED) is 0.757. The first kappa shape index (κ1) is 16.9. The molecule has 2 N–H and O–H groups in total. The van der Waals surface area contributed by atoms with Crippen LogP contribution in [0.5, 0.6) is 0 Å². The number of carbonyl (C=O) groups is 2. The first-order chi connectivity index (χ1) is 12.1. The molecule has 2 aromatic rings. The molecule has 0 unspecified atom stereocenters. The van der Waals surface area contributed by atoms with Gasteiger partial charge in [0.05, 0.1) is 11.4 Å². The molecule has 0 bridgehead atoms. The van der Waals surface area contributed by atoms with Crippen LogP contribution in [0.1, 0.15) is 42.4 Å². The van der Waals surface area contributed by atoms with Gasteiger partial charge in [-0.3, -0.25) is 9.59 Å². The minimum absolute atomic E-state index is 0.160. The van der Waals surface area contributed by atoms with Gasteiger partial charge in [0, 0.05) is 11.7 Å². The van der Waals surface area contributed by atoms with Crippen molar-refractivity contribution in [2.75, 3.05) is 5.32 Å². The van der Waals surface area contributed by atoms with E-state index in [1.54, 1.807) is 16.8 Å². The van der Waals surface area contributed by atoms with E-state index in [4.69, 9.17) is 0 Å². The van der Waals surface area contributed by atoms with Crippen molar-refractivity contribution in [3.63, 3.8) is 0 Å². The standard InChI is InChI=1S/C18H21N5O2/c1-3-5-15-17(18(25)20-13-6-7-13)21-22-23(15)14-10-8-12(9-11-14)19-16(24)4-2/h4,8-11,13H,2-3,5-7H2,1H3,(H,19,24)(H,20,25). The van der Waals surface area contributed by atoms with Crippen LogP contribution in [-0.2, 0) is 11.2 Å². The first-order valence-corrected chi connectivity index (χ1v) is 8.41. The average Bonchev–Trinajstić information content (AvgIpc) is 3.33. The van der Waals surface area contributed by atoms with Crippen molar-refractivity contribution in [1.29, 1.82) is 0 Å². The van der Waals surface area contributed by atoms with E-state index < -0.39 is 0 Å². The molecule has 0 radical (unpaired) electrons. The Labute approximate surface area is 146 Å². The molecule has 0 atom stereocenters. The summed E-state index contributed by atoms with van der Waals surface area (Å²) in [5.74, 6) is -0.425. The van der Waals surface area contributed by atoms with Crippen LogP contribution in [-0.4, -0.2) is 32.9 Å². The fourth-order valence-corrected chi connectivity index (χ4v) is 2.51. The van der Waals surface area contributed by atoms with Crippen LogP contribution < -0.4 is 10.6 Å². The lowest BCUT2D eigenvalue weighted by Gasteiger charge is -2.08. The molecular formula is C18H21N5O2. The fraction of sp³-hybridized carbons (Fsp3) is 0.333. The minimum atomic E-state index is -0.265. The first-order valence-electron chi connectivity index (χ1n) is 8.41. The molecule has 130 valence electrons. The number of hydrogen-bond acceptors (Lipinski definition) is 4. The smallest absolute Gasteiger partial charge is 0.273 e. The van der Waals surface area contributed by atoms with Crippen LogP contribution >= 0.6 is 0 Å². The lowest BCUT2D eigenvalue weighted by Crippen LogP contribution is -2.27. The number of aromatic nitrogens is 3. The van der Waals surface area contributed by atoms with E-state index in [2.05, 4.69) is 27.5 Å². The molecule has 3 rings (SSSR count). The Hall–Kier alpha value is -2.96. The maximum absolute atomic E-state index is 12.4. The van der Waals surface area contributed by atoms with Crippen LogP contribution in [0.3, 0.4) is 0 Å². The number of benzene rings is 1. The third-order valence-electron chi connectivity index (χ3n) is 3.94. The molecule has 1 fully saturated rings. The monoisotopic (exact) mass is 339 g/mol. The van der Waals surface area contributed by atoms with E-state index in [0.29, 0.717) is 17.8 Å². The van der Waals surface area contributed by atoms with Gasteiger partial charge in [-0.15, -0.1) is 5.10 Å². The zero-order valence-electron chi connectivity index (χ0n) is 14.2. The van der Waals surface area contributed by atoms with Crippen LogP contribution in [0.15, 0.2) is 36.9 Å². The summed E-state index contributed by atoms with van der Waals surface area (Å²) in [4.78, 5) is 23.7. The molecule has 1 aliphatic rings. The number of nitrogens with one attached hydrogen (secondary N) is 2. The molecule has 1 aliphatic carbocycles. The Morgan fingerprint density at radius 3 is 2.64 bits per heavy atom. The van der Waals surface area contributed by atoms with Crippen LogP contribution in [0.2, 0.25) is 0 Å². The second-order valence-electron chi connectivity index (χ2n) is 6.03. The Morgan fingerprint density at radius 2 is 2.04 bits per heavy atom. The predicted molar refractivity (Wildman–Crippen MR) is 94.7 cm³/mol. The van der Waals surface area contributed by atoms with Gasteiger partial charge in [-0.05, 0) is 49.6 Å². The van der Waals surface area contributed by atoms with Gasteiger partial charge in [-0.25, -0.2) is 4.68 Å². The molecule has 1 heterocycles. The Balaban J connectivity index is 1.85. The highest BCUT2D eigenvalue weighted by atomic mass is 16.2. The van der Waals surface area contributed by atoms with Crippen molar-refractivity contribution in [2.24, 2.45) is 0 Å². The topological polar surface area (TPSA) is 88.9 Å². The zero-order valence-corrected chi connectivity index (χ0v) is 14.2. The number of amides is 2. The van der Waals surface area contributed by atoms with Gasteiger partial charge in [-0.2, -0.15) is 0 Å². The van der Waals surface area contributed by atoms with E-state index >= 15 is 0 Å². The van der Waals surface area contributed by atoms with Gasteiger partial charge in [0.2, 0.25) is 5.91 Å². The molecule has 1 saturated carbocycles. The van der Waals surface area contributed by atoms with Crippen molar-refractivity contribution in [3.05, 3.63) is 48.3 Å². The third kappa shape index (κ3) is 3.93. The maximum Gasteiger partial charge on any atom is 0.273 e. The van der Waals surface area contributed by atoms with Gasteiger partial charge >= 0.3 is 0 Å². The van der Waals surface area contributed by atoms with Crippen molar-refractivity contribution in [3.8, 4) is 5.69 Å². The predicted octanol–water partition coefficient (Wildman–Crippen LogP) is 2.24. The second-order valence-corrected chi connectivity index (χ2v) is 6.03. The lowest BCUT2D eigenvalue weighted by atomic mass is 10.2. The average molecular weight is 339 g/mol. The van der Waals surface area contributed by atoms with Crippen molar-refractivity contribution in [2.45, 2.75) is 38.6 Å². The zero-order chi connectivity index (χ0) is 17.8. The second kappa shape index (κ2) is 7.29. The molecule has 0 spiro atoms. The molecular weight excluding hydrogens is 318 g/mol. The normalized spacial score (nSPS) is 13.3. The Bertz CT molecular complexity index is 790. The summed E-state index contributed by atoms with van der Waals surface area (Å²) < 4.78 is 1.68. The molecule has 25 heavy (non-hydrogen) atoms. The summed E-state index contributed by atoms with van der Waals surface area (Å²) in [6.45, 7) is 5.48. The van der Waals surface area contributed by atoms with E-state index in [1.165, 1.54) is 6.08 Å². The van der Waals surface area contributed by atoms with Crippen molar-refractivity contribution in [1.82, 2.24) is 20.3 Å². The molecule has 0 saturated heterocycles. The minimum Gasteiger partial charge on any atom is -0.348 e. The Morgan fingerprint density at radius 1 is 1.32 bits per heavy atom. The third-order valence-corrected chi connectivity index (χ3v) is 3.94. The van der Waals surface area contributed by atoms with Gasteiger partial charge in [0.15, 0.2) is 5.69 Å². The number of rotatable bonds is 7. The summed E-state index contributed by atoms with van der Waals surface area (Å²) in [6.07, 6.45) is 4.86. The summed E-state index contributed by atoms with van der Waals surface area (Å²) in [6, 6.07) is 7.49. The van der Waals surface area contributed by atoms with E-state index in [0.717, 1.165) is 30.6 Å². The fourth-order valence-electron chi connectivity index (χ4n) is 2.51. The lowest BCUT2D eigenvalue weighted by molar-refractivity contribution is -0.111.